The molecule has 0 spiro atoms. The van der Waals surface area contributed by atoms with Crippen molar-refractivity contribution in [3.05, 3.63) is 57.3 Å². The van der Waals surface area contributed by atoms with Crippen LogP contribution in [0, 0.1) is 13.8 Å². The maximum atomic E-state index is 12.1. The van der Waals surface area contributed by atoms with Gasteiger partial charge in [-0.25, -0.2) is 4.98 Å². The summed E-state index contributed by atoms with van der Waals surface area (Å²) >= 11 is 0. The average molecular weight is 287 g/mol. The average Bonchev–Trinajstić information content (AvgIpc) is 2.44. The van der Waals surface area contributed by atoms with Crippen LogP contribution in [0.4, 0.5) is 0 Å². The molecule has 2 rings (SSSR count). The molecular weight excluding hydrogens is 270 g/mol. The second-order valence-corrected chi connectivity index (χ2v) is 4.64. The molecule has 2 N–H and O–H groups in total. The summed E-state index contributed by atoms with van der Waals surface area (Å²) in [4.78, 5) is 30.6. The van der Waals surface area contributed by atoms with Crippen molar-refractivity contribution in [1.29, 1.82) is 0 Å². The fraction of sp³-hybridized carbons (Fsp3) is 0.267. The Morgan fingerprint density at radius 1 is 1.29 bits per heavy atom. The number of amides is 1. The normalized spacial score (nSPS) is 10.2. The fourth-order valence-electron chi connectivity index (χ4n) is 2.01. The van der Waals surface area contributed by atoms with Crippen LogP contribution in [0.5, 0.6) is 5.75 Å². The highest BCUT2D eigenvalue weighted by Gasteiger charge is 2.15. The van der Waals surface area contributed by atoms with Crippen molar-refractivity contribution in [1.82, 2.24) is 15.3 Å². The van der Waals surface area contributed by atoms with Crippen molar-refractivity contribution >= 4 is 5.91 Å². The summed E-state index contributed by atoms with van der Waals surface area (Å²) in [6, 6.07) is 7.33. The molecular formula is C15H17N3O3. The summed E-state index contributed by atoms with van der Waals surface area (Å²) in [5, 5.41) is 2.71. The van der Waals surface area contributed by atoms with Crippen molar-refractivity contribution < 1.29 is 9.53 Å². The number of aromatic nitrogens is 2. The Morgan fingerprint density at radius 2 is 1.95 bits per heavy atom. The van der Waals surface area contributed by atoms with Gasteiger partial charge in [0, 0.05) is 6.54 Å². The van der Waals surface area contributed by atoms with E-state index in [4.69, 9.17) is 4.74 Å². The summed E-state index contributed by atoms with van der Waals surface area (Å²) in [6.07, 6.45) is 0. The first kappa shape index (κ1) is 14.8. The minimum absolute atomic E-state index is 0.0501. The summed E-state index contributed by atoms with van der Waals surface area (Å²) < 4.78 is 5.07. The highest BCUT2D eigenvalue weighted by molar-refractivity contribution is 5.94. The van der Waals surface area contributed by atoms with E-state index in [1.165, 1.54) is 0 Å². The first-order valence-electron chi connectivity index (χ1n) is 6.50. The van der Waals surface area contributed by atoms with E-state index in [-0.39, 0.29) is 5.56 Å². The Kier molecular flexibility index (Phi) is 4.37. The topological polar surface area (TPSA) is 84.1 Å². The van der Waals surface area contributed by atoms with Gasteiger partial charge in [-0.15, -0.1) is 0 Å². The molecule has 0 aliphatic carbocycles. The third-order valence-electron chi connectivity index (χ3n) is 3.06. The van der Waals surface area contributed by atoms with Crippen molar-refractivity contribution in [3.8, 4) is 5.75 Å². The molecule has 0 unspecified atom stereocenters. The number of nitrogens with zero attached hydrogens (tertiary/aromatic N) is 1. The van der Waals surface area contributed by atoms with Crippen LogP contribution < -0.4 is 15.6 Å². The number of carbonyl (C=O) groups excluding carboxylic acids is 1. The van der Waals surface area contributed by atoms with Crippen LogP contribution in [0.25, 0.3) is 0 Å². The predicted molar refractivity (Wildman–Crippen MR) is 78.5 cm³/mol. The standard InChI is InChI=1S/C15H17N3O3/c1-9-13(15(20)18-10(2)17-9)14(19)16-8-11-4-6-12(21-3)7-5-11/h4-7H,8H2,1-3H3,(H,16,19)(H,17,18,20). The zero-order chi connectivity index (χ0) is 15.4. The van der Waals surface area contributed by atoms with E-state index in [1.54, 1.807) is 21.0 Å². The molecule has 0 saturated heterocycles. The van der Waals surface area contributed by atoms with Gasteiger partial charge in [0.1, 0.15) is 17.1 Å². The lowest BCUT2D eigenvalue weighted by Gasteiger charge is -2.08. The van der Waals surface area contributed by atoms with Crippen LogP contribution in [0.1, 0.15) is 27.4 Å². The van der Waals surface area contributed by atoms with Crippen LogP contribution in [0.15, 0.2) is 29.1 Å². The van der Waals surface area contributed by atoms with Gasteiger partial charge >= 0.3 is 0 Å². The van der Waals surface area contributed by atoms with Gasteiger partial charge in [0.15, 0.2) is 0 Å². The monoisotopic (exact) mass is 287 g/mol. The van der Waals surface area contributed by atoms with Crippen LogP contribution in [0.3, 0.4) is 0 Å². The molecule has 6 nitrogen and oxygen atoms in total. The second-order valence-electron chi connectivity index (χ2n) is 4.64. The molecule has 0 aliphatic rings. The van der Waals surface area contributed by atoms with Crippen molar-refractivity contribution in [2.45, 2.75) is 20.4 Å². The Hall–Kier alpha value is -2.63. The molecule has 1 aromatic heterocycles. The number of aryl methyl sites for hydroxylation is 2. The number of ether oxygens (including phenoxy) is 1. The molecule has 2 aromatic rings. The minimum atomic E-state index is -0.433. The number of hydrogen-bond acceptors (Lipinski definition) is 4. The molecule has 6 heteroatoms. The first-order valence-corrected chi connectivity index (χ1v) is 6.50. The Labute approximate surface area is 122 Å². The van der Waals surface area contributed by atoms with E-state index in [9.17, 15) is 9.59 Å². The summed E-state index contributed by atoms with van der Waals surface area (Å²) in [7, 11) is 1.59. The number of methoxy groups -OCH3 is 1. The molecule has 1 heterocycles. The quantitative estimate of drug-likeness (QED) is 0.888. The highest BCUT2D eigenvalue weighted by atomic mass is 16.5. The van der Waals surface area contributed by atoms with Gasteiger partial charge in [-0.3, -0.25) is 9.59 Å². The molecule has 1 amide bonds. The third-order valence-corrected chi connectivity index (χ3v) is 3.06. The second kappa shape index (κ2) is 6.21. The number of benzene rings is 1. The number of rotatable bonds is 4. The van der Waals surface area contributed by atoms with Gasteiger partial charge in [0.2, 0.25) is 0 Å². The van der Waals surface area contributed by atoms with E-state index in [0.29, 0.717) is 18.1 Å². The molecule has 0 atom stereocenters. The van der Waals surface area contributed by atoms with Gasteiger partial charge < -0.3 is 15.0 Å². The molecule has 0 saturated carbocycles. The van der Waals surface area contributed by atoms with Crippen molar-refractivity contribution in [2.24, 2.45) is 0 Å². The Balaban J connectivity index is 2.10. The van der Waals surface area contributed by atoms with Gasteiger partial charge in [-0.05, 0) is 31.5 Å². The number of carbonyl (C=O) groups is 1. The lowest BCUT2D eigenvalue weighted by Crippen LogP contribution is -2.31. The molecule has 21 heavy (non-hydrogen) atoms. The minimum Gasteiger partial charge on any atom is -0.497 e. The van der Waals surface area contributed by atoms with Crippen molar-refractivity contribution in [2.75, 3.05) is 7.11 Å². The summed E-state index contributed by atoms with van der Waals surface area (Å²) in [6.45, 7) is 3.65. The van der Waals surface area contributed by atoms with E-state index in [0.717, 1.165) is 11.3 Å². The maximum absolute atomic E-state index is 12.1. The highest BCUT2D eigenvalue weighted by Crippen LogP contribution is 2.11. The van der Waals surface area contributed by atoms with E-state index >= 15 is 0 Å². The number of nitrogens with one attached hydrogen (secondary N) is 2. The molecule has 110 valence electrons. The summed E-state index contributed by atoms with van der Waals surface area (Å²) in [5.74, 6) is 0.807. The number of hydrogen-bond donors (Lipinski definition) is 2. The Bertz CT molecular complexity index is 705. The molecule has 0 radical (unpaired) electrons. The van der Waals surface area contributed by atoms with Gasteiger partial charge in [0.05, 0.1) is 12.8 Å². The molecule has 1 aromatic carbocycles. The number of aromatic amines is 1. The molecule has 0 aliphatic heterocycles. The molecule has 0 fully saturated rings. The lowest BCUT2D eigenvalue weighted by atomic mass is 10.2. The van der Waals surface area contributed by atoms with Gasteiger partial charge in [0.25, 0.3) is 11.5 Å². The van der Waals surface area contributed by atoms with Crippen LogP contribution in [0.2, 0.25) is 0 Å². The lowest BCUT2D eigenvalue weighted by molar-refractivity contribution is 0.0948. The van der Waals surface area contributed by atoms with Crippen molar-refractivity contribution in [3.63, 3.8) is 0 Å². The van der Waals surface area contributed by atoms with Gasteiger partial charge in [-0.2, -0.15) is 0 Å². The maximum Gasteiger partial charge on any atom is 0.264 e. The van der Waals surface area contributed by atoms with Gasteiger partial charge in [-0.1, -0.05) is 12.1 Å². The van der Waals surface area contributed by atoms with E-state index in [1.807, 2.05) is 24.3 Å². The largest absolute Gasteiger partial charge is 0.497 e. The van der Waals surface area contributed by atoms with Crippen LogP contribution >= 0.6 is 0 Å². The zero-order valence-electron chi connectivity index (χ0n) is 12.2. The van der Waals surface area contributed by atoms with E-state index < -0.39 is 11.5 Å². The van der Waals surface area contributed by atoms with Crippen LogP contribution in [-0.2, 0) is 6.54 Å². The number of H-pyrrole nitrogens is 1. The summed E-state index contributed by atoms with van der Waals surface area (Å²) in [5.41, 5.74) is 0.961. The Morgan fingerprint density at radius 3 is 2.52 bits per heavy atom. The third kappa shape index (κ3) is 3.47. The zero-order valence-corrected chi connectivity index (χ0v) is 12.2. The smallest absolute Gasteiger partial charge is 0.264 e. The molecule has 0 bridgehead atoms. The van der Waals surface area contributed by atoms with E-state index in [2.05, 4.69) is 15.3 Å². The predicted octanol–water partition coefficient (Wildman–Crippen LogP) is 1.33. The SMILES string of the molecule is COc1ccc(CNC(=O)c2c(C)nc(C)[nH]c2=O)cc1. The fourth-order valence-corrected chi connectivity index (χ4v) is 2.01. The first-order chi connectivity index (χ1) is 10.0. The van der Waals surface area contributed by atoms with Crippen LogP contribution in [-0.4, -0.2) is 23.0 Å².